The van der Waals surface area contributed by atoms with Crippen molar-refractivity contribution in [2.24, 2.45) is 0 Å². The highest BCUT2D eigenvalue weighted by atomic mass is 32.2. The van der Waals surface area contributed by atoms with E-state index in [1.54, 1.807) is 38.1 Å². The van der Waals surface area contributed by atoms with Gasteiger partial charge in [0.2, 0.25) is 5.91 Å². The number of urea groups is 1. The third-order valence-corrected chi connectivity index (χ3v) is 3.20. The van der Waals surface area contributed by atoms with Crippen molar-refractivity contribution in [1.29, 1.82) is 0 Å². The van der Waals surface area contributed by atoms with E-state index in [9.17, 15) is 9.59 Å². The van der Waals surface area contributed by atoms with Crippen LogP contribution in [-0.2, 0) is 4.79 Å². The quantitative estimate of drug-likeness (QED) is 0.726. The van der Waals surface area contributed by atoms with Crippen molar-refractivity contribution in [2.45, 2.75) is 24.0 Å². The Morgan fingerprint density at radius 1 is 1.33 bits per heavy atom. The van der Waals surface area contributed by atoms with Gasteiger partial charge in [-0.3, -0.25) is 10.1 Å². The van der Waals surface area contributed by atoms with Crippen LogP contribution in [0, 0.1) is 0 Å². The van der Waals surface area contributed by atoms with Crippen LogP contribution in [0.4, 0.5) is 4.79 Å². The Morgan fingerprint density at radius 2 is 1.94 bits per heavy atom. The highest BCUT2D eigenvalue weighted by molar-refractivity contribution is 8.00. The van der Waals surface area contributed by atoms with Crippen LogP contribution in [0.3, 0.4) is 0 Å². The number of rotatable bonds is 4. The average molecular weight is 268 g/mol. The van der Waals surface area contributed by atoms with Gasteiger partial charge in [-0.25, -0.2) is 4.79 Å². The average Bonchev–Trinajstić information content (AvgIpc) is 2.32. The van der Waals surface area contributed by atoms with Crippen LogP contribution in [0.1, 0.15) is 13.8 Å². The van der Waals surface area contributed by atoms with E-state index in [1.165, 1.54) is 11.8 Å². The molecular weight excluding hydrogens is 252 g/mol. The molecule has 3 N–H and O–H groups in total. The van der Waals surface area contributed by atoms with Crippen LogP contribution in [0.15, 0.2) is 29.2 Å². The van der Waals surface area contributed by atoms with Gasteiger partial charge >= 0.3 is 6.03 Å². The van der Waals surface area contributed by atoms with Crippen LogP contribution in [-0.4, -0.2) is 28.8 Å². The Labute approximate surface area is 110 Å². The number of phenolic OH excluding ortho intramolecular Hbond substituents is 1. The number of thioether (sulfide) groups is 1. The van der Waals surface area contributed by atoms with E-state index in [-0.39, 0.29) is 11.7 Å². The largest absolute Gasteiger partial charge is 0.508 e. The number of carbonyl (C=O) groups is 2. The van der Waals surface area contributed by atoms with Gasteiger partial charge in [0.15, 0.2) is 0 Å². The first-order chi connectivity index (χ1) is 8.52. The van der Waals surface area contributed by atoms with Crippen molar-refractivity contribution in [3.63, 3.8) is 0 Å². The molecule has 0 aliphatic rings. The zero-order valence-corrected chi connectivity index (χ0v) is 11.1. The molecule has 3 amide bonds. The van der Waals surface area contributed by atoms with Gasteiger partial charge < -0.3 is 10.4 Å². The van der Waals surface area contributed by atoms with E-state index in [0.29, 0.717) is 6.54 Å². The summed E-state index contributed by atoms with van der Waals surface area (Å²) in [6.07, 6.45) is 0. The number of imide groups is 1. The molecule has 1 unspecified atom stereocenters. The molecule has 6 heteroatoms. The summed E-state index contributed by atoms with van der Waals surface area (Å²) in [4.78, 5) is 23.7. The molecule has 0 saturated carbocycles. The maximum Gasteiger partial charge on any atom is 0.321 e. The summed E-state index contributed by atoms with van der Waals surface area (Å²) in [6.45, 7) is 3.96. The number of amides is 3. The van der Waals surface area contributed by atoms with Crippen molar-refractivity contribution in [1.82, 2.24) is 10.6 Å². The molecule has 0 fully saturated rings. The summed E-state index contributed by atoms with van der Waals surface area (Å²) >= 11 is 1.32. The first-order valence-corrected chi connectivity index (χ1v) is 6.45. The molecule has 0 aliphatic heterocycles. The lowest BCUT2D eigenvalue weighted by Crippen LogP contribution is -2.42. The number of hydrogen-bond acceptors (Lipinski definition) is 4. The standard InChI is InChI=1S/C12H16N2O3S/c1-3-13-12(17)14-11(16)8(2)18-10-6-4-9(15)5-7-10/h4-8,15H,3H2,1-2H3,(H2,13,14,16,17). The normalized spacial score (nSPS) is 11.7. The van der Waals surface area contributed by atoms with Gasteiger partial charge in [-0.15, -0.1) is 11.8 Å². The second kappa shape index (κ2) is 6.90. The summed E-state index contributed by atoms with van der Waals surface area (Å²) in [6, 6.07) is 6.06. The van der Waals surface area contributed by atoms with Gasteiger partial charge in [0, 0.05) is 11.4 Å². The molecule has 0 bridgehead atoms. The van der Waals surface area contributed by atoms with Gasteiger partial charge in [-0.1, -0.05) is 0 Å². The second-order valence-electron chi connectivity index (χ2n) is 3.60. The van der Waals surface area contributed by atoms with Gasteiger partial charge in [0.05, 0.1) is 5.25 Å². The Balaban J connectivity index is 2.49. The van der Waals surface area contributed by atoms with E-state index >= 15 is 0 Å². The monoisotopic (exact) mass is 268 g/mol. The molecule has 1 aromatic rings. The SMILES string of the molecule is CCNC(=O)NC(=O)C(C)Sc1ccc(O)cc1. The number of hydrogen-bond donors (Lipinski definition) is 3. The van der Waals surface area contributed by atoms with Crippen LogP contribution < -0.4 is 10.6 Å². The van der Waals surface area contributed by atoms with Crippen molar-refractivity contribution in [2.75, 3.05) is 6.54 Å². The lowest BCUT2D eigenvalue weighted by molar-refractivity contribution is -0.119. The summed E-state index contributed by atoms with van der Waals surface area (Å²) in [5.74, 6) is -0.169. The van der Waals surface area contributed by atoms with Crippen LogP contribution >= 0.6 is 11.8 Å². The lowest BCUT2D eigenvalue weighted by atomic mass is 10.3. The molecule has 0 spiro atoms. The van der Waals surface area contributed by atoms with Gasteiger partial charge in [-0.05, 0) is 38.1 Å². The minimum absolute atomic E-state index is 0.179. The number of carbonyl (C=O) groups excluding carboxylic acids is 2. The Morgan fingerprint density at radius 3 is 2.50 bits per heavy atom. The third-order valence-electron chi connectivity index (χ3n) is 2.09. The zero-order valence-electron chi connectivity index (χ0n) is 10.3. The topological polar surface area (TPSA) is 78.4 Å². The van der Waals surface area contributed by atoms with Gasteiger partial charge in [-0.2, -0.15) is 0 Å². The van der Waals surface area contributed by atoms with E-state index in [2.05, 4.69) is 10.6 Å². The highest BCUT2D eigenvalue weighted by Crippen LogP contribution is 2.24. The molecule has 0 aliphatic carbocycles. The summed E-state index contributed by atoms with van der Waals surface area (Å²) in [7, 11) is 0. The summed E-state index contributed by atoms with van der Waals surface area (Å²) < 4.78 is 0. The lowest BCUT2D eigenvalue weighted by Gasteiger charge is -2.11. The smallest absolute Gasteiger partial charge is 0.321 e. The molecule has 1 atom stereocenters. The molecule has 1 aromatic carbocycles. The first-order valence-electron chi connectivity index (χ1n) is 5.57. The maximum absolute atomic E-state index is 11.7. The van der Waals surface area contributed by atoms with Gasteiger partial charge in [0.1, 0.15) is 5.75 Å². The molecule has 5 nitrogen and oxygen atoms in total. The van der Waals surface area contributed by atoms with Crippen molar-refractivity contribution in [3.8, 4) is 5.75 Å². The van der Waals surface area contributed by atoms with Crippen LogP contribution in [0.25, 0.3) is 0 Å². The summed E-state index contributed by atoms with van der Waals surface area (Å²) in [5, 5.41) is 13.5. The molecule has 98 valence electrons. The van der Waals surface area contributed by atoms with E-state index in [1.807, 2.05) is 0 Å². The molecule has 0 saturated heterocycles. The molecule has 18 heavy (non-hydrogen) atoms. The Bertz CT molecular complexity index is 420. The third kappa shape index (κ3) is 4.67. The fraction of sp³-hybridized carbons (Fsp3) is 0.333. The number of nitrogens with one attached hydrogen (secondary N) is 2. The molecular formula is C12H16N2O3S. The summed E-state index contributed by atoms with van der Waals surface area (Å²) in [5.41, 5.74) is 0. The fourth-order valence-corrected chi connectivity index (χ4v) is 2.07. The van der Waals surface area contributed by atoms with Crippen molar-refractivity contribution in [3.05, 3.63) is 24.3 Å². The molecule has 0 radical (unpaired) electrons. The maximum atomic E-state index is 11.7. The predicted octanol–water partition coefficient (Wildman–Crippen LogP) is 1.72. The van der Waals surface area contributed by atoms with E-state index in [0.717, 1.165) is 4.90 Å². The molecule has 1 rings (SSSR count). The van der Waals surface area contributed by atoms with Crippen LogP contribution in [0.2, 0.25) is 0 Å². The van der Waals surface area contributed by atoms with Crippen molar-refractivity contribution < 1.29 is 14.7 Å². The minimum atomic E-state index is -0.486. The zero-order chi connectivity index (χ0) is 13.5. The predicted molar refractivity (Wildman–Crippen MR) is 70.6 cm³/mol. The Hall–Kier alpha value is -1.69. The molecule has 0 aromatic heterocycles. The fourth-order valence-electron chi connectivity index (χ4n) is 1.20. The van der Waals surface area contributed by atoms with Crippen LogP contribution in [0.5, 0.6) is 5.75 Å². The minimum Gasteiger partial charge on any atom is -0.508 e. The van der Waals surface area contributed by atoms with Gasteiger partial charge in [0.25, 0.3) is 0 Å². The highest BCUT2D eigenvalue weighted by Gasteiger charge is 2.16. The molecule has 0 heterocycles. The van der Waals surface area contributed by atoms with Crippen molar-refractivity contribution >= 4 is 23.7 Å². The second-order valence-corrected chi connectivity index (χ2v) is 5.02. The number of aromatic hydroxyl groups is 1. The van der Waals surface area contributed by atoms with E-state index < -0.39 is 11.3 Å². The van der Waals surface area contributed by atoms with E-state index in [4.69, 9.17) is 5.11 Å². The number of phenols is 1. The Kier molecular flexibility index (Phi) is 5.51. The number of benzene rings is 1. The first kappa shape index (κ1) is 14.4.